The zero-order chi connectivity index (χ0) is 26.5. The van der Waals surface area contributed by atoms with Crippen LogP contribution in [0, 0.1) is 0 Å². The van der Waals surface area contributed by atoms with Gasteiger partial charge >= 0.3 is 0 Å². The number of rotatable bonds is 10. The number of allylic oxidation sites excluding steroid dienone is 5. The number of primary amides is 1. The van der Waals surface area contributed by atoms with Crippen LogP contribution in [0.5, 0.6) is 0 Å². The van der Waals surface area contributed by atoms with Gasteiger partial charge in [-0.3, -0.25) is 4.79 Å². The summed E-state index contributed by atoms with van der Waals surface area (Å²) in [5.74, 6) is -0.418. The lowest BCUT2D eigenvalue weighted by molar-refractivity contribution is 0.100. The molecule has 3 aromatic rings. The SMILES string of the molecule is C=C/C=C(F)\C=C/Cn1c(C(C)(C)c2ccc(Cl)c(Cl)c2)cnc1SCc1ccc(C(N)=O)c(Cl)c1. The third-order valence-corrected chi connectivity index (χ3v) is 7.72. The van der Waals surface area contributed by atoms with Crippen molar-refractivity contribution in [3.05, 3.63) is 117 Å². The van der Waals surface area contributed by atoms with Gasteiger partial charge in [-0.1, -0.05) is 91.3 Å². The summed E-state index contributed by atoms with van der Waals surface area (Å²) in [6, 6.07) is 10.7. The molecule has 0 aliphatic heterocycles. The van der Waals surface area contributed by atoms with Crippen LogP contribution in [0.2, 0.25) is 15.1 Å². The number of aromatic nitrogens is 2. The Balaban J connectivity index is 1.96. The first kappa shape index (κ1) is 28.1. The van der Waals surface area contributed by atoms with Crippen molar-refractivity contribution < 1.29 is 9.18 Å². The first-order chi connectivity index (χ1) is 17.0. The fourth-order valence-corrected chi connectivity index (χ4v) is 5.14. The van der Waals surface area contributed by atoms with E-state index < -0.39 is 17.1 Å². The van der Waals surface area contributed by atoms with Gasteiger partial charge in [0.2, 0.25) is 5.91 Å². The van der Waals surface area contributed by atoms with Crippen molar-refractivity contribution in [1.82, 2.24) is 9.55 Å². The second kappa shape index (κ2) is 12.2. The fraction of sp³-hybridized carbons (Fsp3) is 0.185. The number of halogens is 4. The van der Waals surface area contributed by atoms with Crippen molar-refractivity contribution in [3.8, 4) is 0 Å². The minimum atomic E-state index is -0.576. The first-order valence-corrected chi connectivity index (χ1v) is 13.0. The normalized spacial score (nSPS) is 12.3. The Hall–Kier alpha value is -2.51. The largest absolute Gasteiger partial charge is 0.366 e. The molecule has 1 aromatic heterocycles. The summed E-state index contributed by atoms with van der Waals surface area (Å²) in [6.07, 6.45) is 7.63. The van der Waals surface area contributed by atoms with Crippen LogP contribution in [0.4, 0.5) is 4.39 Å². The Kier molecular flexibility index (Phi) is 9.47. The Morgan fingerprint density at radius 3 is 2.56 bits per heavy atom. The Labute approximate surface area is 229 Å². The highest BCUT2D eigenvalue weighted by atomic mass is 35.5. The molecule has 0 saturated carbocycles. The third kappa shape index (κ3) is 6.62. The quantitative estimate of drug-likeness (QED) is 0.200. The number of benzene rings is 2. The highest BCUT2D eigenvalue weighted by molar-refractivity contribution is 7.98. The molecule has 9 heteroatoms. The molecular formula is C27H25Cl3FN3OS. The molecule has 0 saturated heterocycles. The van der Waals surface area contributed by atoms with E-state index in [9.17, 15) is 9.18 Å². The Bertz CT molecular complexity index is 1350. The van der Waals surface area contributed by atoms with Crippen LogP contribution >= 0.6 is 46.6 Å². The van der Waals surface area contributed by atoms with Gasteiger partial charge in [0.05, 0.1) is 26.8 Å². The van der Waals surface area contributed by atoms with E-state index in [1.807, 2.05) is 29.0 Å². The zero-order valence-electron chi connectivity index (χ0n) is 19.8. The molecule has 4 nitrogen and oxygen atoms in total. The third-order valence-electron chi connectivity index (χ3n) is 5.61. The summed E-state index contributed by atoms with van der Waals surface area (Å²) < 4.78 is 15.9. The topological polar surface area (TPSA) is 60.9 Å². The molecule has 1 amide bonds. The molecule has 188 valence electrons. The number of nitrogens with zero attached hydrogens (tertiary/aromatic N) is 2. The lowest BCUT2D eigenvalue weighted by atomic mass is 9.81. The van der Waals surface area contributed by atoms with E-state index in [1.54, 1.807) is 24.3 Å². The van der Waals surface area contributed by atoms with E-state index in [-0.39, 0.29) is 5.56 Å². The van der Waals surface area contributed by atoms with Gasteiger partial charge in [0.15, 0.2) is 5.16 Å². The molecule has 3 rings (SSSR count). The van der Waals surface area contributed by atoms with Crippen molar-refractivity contribution in [2.75, 3.05) is 0 Å². The lowest BCUT2D eigenvalue weighted by Gasteiger charge is -2.27. The van der Waals surface area contributed by atoms with Gasteiger partial charge in [-0.05, 0) is 47.5 Å². The van der Waals surface area contributed by atoms with Crippen LogP contribution in [-0.2, 0) is 17.7 Å². The van der Waals surface area contributed by atoms with Gasteiger partial charge < -0.3 is 10.3 Å². The average Bonchev–Trinajstić information content (AvgIpc) is 3.23. The summed E-state index contributed by atoms with van der Waals surface area (Å²) in [6.45, 7) is 8.04. The van der Waals surface area contributed by atoms with Gasteiger partial charge in [0, 0.05) is 23.4 Å². The van der Waals surface area contributed by atoms with E-state index in [1.165, 1.54) is 30.0 Å². The van der Waals surface area contributed by atoms with E-state index in [0.29, 0.717) is 27.4 Å². The number of carbonyl (C=O) groups is 1. The van der Waals surface area contributed by atoms with Gasteiger partial charge in [-0.15, -0.1) is 0 Å². The molecular weight excluding hydrogens is 540 g/mol. The maximum Gasteiger partial charge on any atom is 0.250 e. The molecule has 2 aromatic carbocycles. The van der Waals surface area contributed by atoms with Gasteiger partial charge in [-0.25, -0.2) is 9.37 Å². The predicted octanol–water partition coefficient (Wildman–Crippen LogP) is 8.16. The molecule has 0 fully saturated rings. The highest BCUT2D eigenvalue weighted by Gasteiger charge is 2.29. The van der Waals surface area contributed by atoms with Crippen LogP contribution in [0.3, 0.4) is 0 Å². The number of thioether (sulfide) groups is 1. The van der Waals surface area contributed by atoms with Crippen molar-refractivity contribution in [1.29, 1.82) is 0 Å². The van der Waals surface area contributed by atoms with Gasteiger partial charge in [0.1, 0.15) is 5.83 Å². The maximum atomic E-state index is 13.9. The molecule has 0 aliphatic rings. The Morgan fingerprint density at radius 1 is 1.17 bits per heavy atom. The summed E-state index contributed by atoms with van der Waals surface area (Å²) >= 11 is 20.1. The van der Waals surface area contributed by atoms with Crippen molar-refractivity contribution in [2.24, 2.45) is 5.73 Å². The zero-order valence-corrected chi connectivity index (χ0v) is 22.9. The van der Waals surface area contributed by atoms with E-state index >= 15 is 0 Å². The second-order valence-electron chi connectivity index (χ2n) is 8.45. The van der Waals surface area contributed by atoms with Crippen LogP contribution in [-0.4, -0.2) is 15.5 Å². The maximum absolute atomic E-state index is 13.9. The molecule has 0 spiro atoms. The summed E-state index contributed by atoms with van der Waals surface area (Å²) in [5.41, 5.74) is 7.93. The lowest BCUT2D eigenvalue weighted by Crippen LogP contribution is -2.23. The van der Waals surface area contributed by atoms with E-state index in [2.05, 4.69) is 25.4 Å². The minimum Gasteiger partial charge on any atom is -0.366 e. The monoisotopic (exact) mass is 563 g/mol. The van der Waals surface area contributed by atoms with Crippen LogP contribution < -0.4 is 5.73 Å². The van der Waals surface area contributed by atoms with Crippen LogP contribution in [0.25, 0.3) is 0 Å². The number of amides is 1. The molecule has 0 unspecified atom stereocenters. The number of hydrogen-bond donors (Lipinski definition) is 1. The highest BCUT2D eigenvalue weighted by Crippen LogP contribution is 2.37. The molecule has 36 heavy (non-hydrogen) atoms. The molecule has 2 N–H and O–H groups in total. The first-order valence-electron chi connectivity index (χ1n) is 10.9. The number of hydrogen-bond acceptors (Lipinski definition) is 3. The number of imidazole rings is 1. The van der Waals surface area contributed by atoms with Crippen LogP contribution in [0.15, 0.2) is 84.5 Å². The van der Waals surface area contributed by atoms with E-state index in [4.69, 9.17) is 40.5 Å². The molecule has 1 heterocycles. The van der Waals surface area contributed by atoms with Gasteiger partial charge in [-0.2, -0.15) is 0 Å². The smallest absolute Gasteiger partial charge is 0.250 e. The molecule has 0 aliphatic carbocycles. The predicted molar refractivity (Wildman–Crippen MR) is 149 cm³/mol. The number of nitrogens with two attached hydrogens (primary N) is 1. The van der Waals surface area contributed by atoms with Crippen molar-refractivity contribution in [3.63, 3.8) is 0 Å². The molecule has 0 radical (unpaired) electrons. The van der Waals surface area contributed by atoms with Gasteiger partial charge in [0.25, 0.3) is 0 Å². The minimum absolute atomic E-state index is 0.275. The standard InChI is InChI=1S/C27H25Cl3FN3OS/c1-4-6-19(31)7-5-12-34-24(27(2,3)18-9-11-21(28)23(30)14-18)15-33-26(34)36-16-17-8-10-20(25(32)35)22(29)13-17/h4-11,13-15H,1,12,16H2,2-3H3,(H2,32,35)/b7-5-,19-6+. The van der Waals surface area contributed by atoms with Crippen molar-refractivity contribution in [2.45, 2.75) is 36.7 Å². The fourth-order valence-electron chi connectivity index (χ4n) is 3.62. The Morgan fingerprint density at radius 2 is 1.92 bits per heavy atom. The number of carbonyl (C=O) groups excluding carboxylic acids is 1. The summed E-state index contributed by atoms with van der Waals surface area (Å²) in [7, 11) is 0. The second-order valence-corrected chi connectivity index (χ2v) is 10.6. The summed E-state index contributed by atoms with van der Waals surface area (Å²) in [4.78, 5) is 16.1. The van der Waals surface area contributed by atoms with Crippen LogP contribution in [0.1, 0.15) is 41.0 Å². The summed E-state index contributed by atoms with van der Waals surface area (Å²) in [5, 5.41) is 1.99. The molecule has 0 atom stereocenters. The van der Waals surface area contributed by atoms with E-state index in [0.717, 1.165) is 22.0 Å². The van der Waals surface area contributed by atoms with Crippen molar-refractivity contribution >= 4 is 52.5 Å². The molecule has 0 bridgehead atoms. The average molecular weight is 565 g/mol.